The van der Waals surface area contributed by atoms with E-state index in [1.54, 1.807) is 0 Å². The van der Waals surface area contributed by atoms with E-state index in [1.165, 1.54) is 0 Å². The molecule has 0 aliphatic carbocycles. The second-order valence-corrected chi connectivity index (χ2v) is 6.51. The average Bonchev–Trinajstić information content (AvgIpc) is 2.40. The van der Waals surface area contributed by atoms with Crippen LogP contribution >= 0.6 is 27.5 Å². The molecule has 116 valence electrons. The average molecular weight is 383 g/mol. The first-order chi connectivity index (χ1) is 10.4. The van der Waals surface area contributed by atoms with Gasteiger partial charge in [-0.25, -0.2) is 0 Å². The lowest BCUT2D eigenvalue weighted by Crippen LogP contribution is -2.21. The first-order valence-electron chi connectivity index (χ1n) is 6.82. The molecular formula is C17H17BrClNO2. The van der Waals surface area contributed by atoms with E-state index in [4.69, 9.17) is 16.3 Å². The van der Waals surface area contributed by atoms with Crippen molar-refractivity contribution in [2.45, 2.75) is 20.8 Å². The lowest BCUT2D eigenvalue weighted by Gasteiger charge is -2.13. The number of ether oxygens (including phenoxy) is 1. The number of anilines is 1. The highest BCUT2D eigenvalue weighted by Crippen LogP contribution is 2.29. The molecule has 3 nitrogen and oxygen atoms in total. The fraction of sp³-hybridized carbons (Fsp3) is 0.235. The first-order valence-corrected chi connectivity index (χ1v) is 7.99. The van der Waals surface area contributed by atoms with Gasteiger partial charge in [-0.05, 0) is 61.7 Å². The molecule has 2 aromatic carbocycles. The molecule has 0 aliphatic heterocycles. The zero-order valence-corrected chi connectivity index (χ0v) is 15.0. The molecule has 0 aromatic heterocycles. The minimum absolute atomic E-state index is 0.0842. The van der Waals surface area contributed by atoms with Crippen LogP contribution in [0.25, 0.3) is 0 Å². The Kier molecular flexibility index (Phi) is 5.48. The van der Waals surface area contributed by atoms with E-state index in [-0.39, 0.29) is 12.5 Å². The number of amides is 1. The predicted molar refractivity (Wildman–Crippen MR) is 93.9 cm³/mol. The number of rotatable bonds is 4. The Hall–Kier alpha value is -1.52. The summed E-state index contributed by atoms with van der Waals surface area (Å²) in [4.78, 5) is 12.0. The van der Waals surface area contributed by atoms with Gasteiger partial charge in [-0.15, -0.1) is 0 Å². The summed E-state index contributed by atoms with van der Waals surface area (Å²) in [5.41, 5.74) is 3.72. The Morgan fingerprint density at radius 1 is 1.18 bits per heavy atom. The monoisotopic (exact) mass is 381 g/mol. The number of nitrogens with one attached hydrogen (secondary N) is 1. The molecule has 0 spiro atoms. The third-order valence-electron chi connectivity index (χ3n) is 3.18. The Bertz CT molecular complexity index is 693. The van der Waals surface area contributed by atoms with Crippen LogP contribution in [0.2, 0.25) is 5.02 Å². The fourth-order valence-corrected chi connectivity index (χ4v) is 3.03. The van der Waals surface area contributed by atoms with Gasteiger partial charge in [-0.1, -0.05) is 33.6 Å². The lowest BCUT2D eigenvalue weighted by molar-refractivity contribution is -0.118. The van der Waals surface area contributed by atoms with E-state index >= 15 is 0 Å². The number of aryl methyl sites for hydroxylation is 3. The van der Waals surface area contributed by atoms with Crippen molar-refractivity contribution in [1.82, 2.24) is 0 Å². The molecule has 0 heterocycles. The minimum atomic E-state index is -0.221. The topological polar surface area (TPSA) is 38.3 Å². The van der Waals surface area contributed by atoms with Gasteiger partial charge in [-0.3, -0.25) is 4.79 Å². The molecule has 1 N–H and O–H groups in total. The highest BCUT2D eigenvalue weighted by atomic mass is 79.9. The van der Waals surface area contributed by atoms with Crippen molar-refractivity contribution >= 4 is 39.1 Å². The van der Waals surface area contributed by atoms with E-state index in [1.807, 2.05) is 51.1 Å². The van der Waals surface area contributed by atoms with Gasteiger partial charge in [0.1, 0.15) is 5.75 Å². The van der Waals surface area contributed by atoms with Gasteiger partial charge in [0.25, 0.3) is 5.91 Å². The van der Waals surface area contributed by atoms with E-state index in [9.17, 15) is 4.79 Å². The quantitative estimate of drug-likeness (QED) is 0.804. The summed E-state index contributed by atoms with van der Waals surface area (Å²) in [5.74, 6) is 0.330. The standard InChI is InChI=1S/C17H17BrClNO2/c1-10-6-12(3)17(14(19)7-10)22-9-16(21)20-15-5-4-13(18)8-11(15)2/h4-8H,9H2,1-3H3,(H,20,21). The van der Waals surface area contributed by atoms with Gasteiger partial charge < -0.3 is 10.1 Å². The Labute approximate surface area is 143 Å². The summed E-state index contributed by atoms with van der Waals surface area (Å²) >= 11 is 9.55. The van der Waals surface area contributed by atoms with Crippen molar-refractivity contribution < 1.29 is 9.53 Å². The second kappa shape index (κ2) is 7.16. The molecule has 0 saturated carbocycles. The third-order valence-corrected chi connectivity index (χ3v) is 3.96. The summed E-state index contributed by atoms with van der Waals surface area (Å²) in [5, 5.41) is 3.35. The second-order valence-electron chi connectivity index (χ2n) is 5.19. The van der Waals surface area contributed by atoms with Crippen LogP contribution in [0.1, 0.15) is 16.7 Å². The lowest BCUT2D eigenvalue weighted by atomic mass is 10.1. The Balaban J connectivity index is 2.02. The molecule has 5 heteroatoms. The van der Waals surface area contributed by atoms with E-state index < -0.39 is 0 Å². The van der Waals surface area contributed by atoms with Crippen LogP contribution in [0.3, 0.4) is 0 Å². The van der Waals surface area contributed by atoms with Gasteiger partial charge in [0.2, 0.25) is 0 Å². The number of hydrogen-bond donors (Lipinski definition) is 1. The van der Waals surface area contributed by atoms with Gasteiger partial charge in [0.05, 0.1) is 5.02 Å². The van der Waals surface area contributed by atoms with Crippen molar-refractivity contribution in [2.24, 2.45) is 0 Å². The molecule has 0 atom stereocenters. The largest absolute Gasteiger partial charge is 0.482 e. The zero-order valence-electron chi connectivity index (χ0n) is 12.7. The maximum Gasteiger partial charge on any atom is 0.262 e. The Morgan fingerprint density at radius 3 is 2.55 bits per heavy atom. The SMILES string of the molecule is Cc1cc(C)c(OCC(=O)Nc2ccc(Br)cc2C)c(Cl)c1. The van der Waals surface area contributed by atoms with Crippen LogP contribution < -0.4 is 10.1 Å². The molecular weight excluding hydrogens is 366 g/mol. The first kappa shape index (κ1) is 16.8. The molecule has 0 bridgehead atoms. The summed E-state index contributed by atoms with van der Waals surface area (Å²) in [6, 6.07) is 9.46. The molecule has 0 unspecified atom stereocenters. The van der Waals surface area contributed by atoms with Crippen LogP contribution in [0, 0.1) is 20.8 Å². The van der Waals surface area contributed by atoms with E-state index in [0.29, 0.717) is 10.8 Å². The summed E-state index contributed by atoms with van der Waals surface area (Å²) in [7, 11) is 0. The van der Waals surface area contributed by atoms with Crippen molar-refractivity contribution in [3.63, 3.8) is 0 Å². The third kappa shape index (κ3) is 4.24. The summed E-state index contributed by atoms with van der Waals surface area (Å²) in [6.07, 6.45) is 0. The van der Waals surface area contributed by atoms with Gasteiger partial charge in [0.15, 0.2) is 6.61 Å². The number of hydrogen-bond acceptors (Lipinski definition) is 2. The van der Waals surface area contributed by atoms with Crippen molar-refractivity contribution in [3.05, 3.63) is 56.5 Å². The smallest absolute Gasteiger partial charge is 0.262 e. The van der Waals surface area contributed by atoms with Gasteiger partial charge in [-0.2, -0.15) is 0 Å². The summed E-state index contributed by atoms with van der Waals surface area (Å²) in [6.45, 7) is 5.72. The highest BCUT2D eigenvalue weighted by Gasteiger charge is 2.10. The summed E-state index contributed by atoms with van der Waals surface area (Å²) < 4.78 is 6.54. The Morgan fingerprint density at radius 2 is 1.91 bits per heavy atom. The minimum Gasteiger partial charge on any atom is -0.482 e. The molecule has 2 rings (SSSR count). The number of halogens is 2. The van der Waals surface area contributed by atoms with Crippen LogP contribution in [-0.4, -0.2) is 12.5 Å². The maximum absolute atomic E-state index is 12.0. The predicted octanol–water partition coefficient (Wildman–Crippen LogP) is 5.05. The van der Waals surface area contributed by atoms with Crippen molar-refractivity contribution in [1.29, 1.82) is 0 Å². The zero-order chi connectivity index (χ0) is 16.3. The van der Waals surface area contributed by atoms with Crippen LogP contribution in [-0.2, 0) is 4.79 Å². The molecule has 0 saturated heterocycles. The fourth-order valence-electron chi connectivity index (χ4n) is 2.18. The van der Waals surface area contributed by atoms with Gasteiger partial charge >= 0.3 is 0 Å². The molecule has 0 fully saturated rings. The van der Waals surface area contributed by atoms with Crippen LogP contribution in [0.4, 0.5) is 5.69 Å². The molecule has 2 aromatic rings. The van der Waals surface area contributed by atoms with E-state index in [0.717, 1.165) is 26.9 Å². The van der Waals surface area contributed by atoms with Crippen LogP contribution in [0.5, 0.6) is 5.75 Å². The van der Waals surface area contributed by atoms with E-state index in [2.05, 4.69) is 21.2 Å². The molecule has 22 heavy (non-hydrogen) atoms. The molecule has 0 radical (unpaired) electrons. The highest BCUT2D eigenvalue weighted by molar-refractivity contribution is 9.10. The van der Waals surface area contributed by atoms with Crippen LogP contribution in [0.15, 0.2) is 34.8 Å². The number of carbonyl (C=O) groups is 1. The van der Waals surface area contributed by atoms with Gasteiger partial charge in [0, 0.05) is 10.2 Å². The normalized spacial score (nSPS) is 10.4. The van der Waals surface area contributed by atoms with Crippen molar-refractivity contribution in [3.8, 4) is 5.75 Å². The maximum atomic E-state index is 12.0. The van der Waals surface area contributed by atoms with Crippen molar-refractivity contribution in [2.75, 3.05) is 11.9 Å². The number of benzene rings is 2. The molecule has 0 aliphatic rings. The number of carbonyl (C=O) groups excluding carboxylic acids is 1. The molecule has 1 amide bonds.